The van der Waals surface area contributed by atoms with Gasteiger partial charge in [-0.1, -0.05) is 20.3 Å². The van der Waals surface area contributed by atoms with E-state index in [4.69, 9.17) is 4.74 Å². The quantitative estimate of drug-likeness (QED) is 0.811. The molecule has 1 aromatic rings. The van der Waals surface area contributed by atoms with Gasteiger partial charge in [0.1, 0.15) is 11.8 Å². The van der Waals surface area contributed by atoms with Crippen LogP contribution in [0, 0.1) is 19.8 Å². The molecule has 22 heavy (non-hydrogen) atoms. The smallest absolute Gasteiger partial charge is 0.326 e. The number of carboxylic acids is 1. The van der Waals surface area contributed by atoms with E-state index in [0.29, 0.717) is 6.42 Å². The van der Waals surface area contributed by atoms with Gasteiger partial charge >= 0.3 is 5.97 Å². The van der Waals surface area contributed by atoms with E-state index in [9.17, 15) is 14.7 Å². The molecule has 0 radical (unpaired) electrons. The maximum absolute atomic E-state index is 12.2. The zero-order valence-corrected chi connectivity index (χ0v) is 13.9. The van der Waals surface area contributed by atoms with E-state index < -0.39 is 12.0 Å². The van der Waals surface area contributed by atoms with Gasteiger partial charge in [0.2, 0.25) is 5.91 Å². The van der Waals surface area contributed by atoms with Gasteiger partial charge in [0.15, 0.2) is 0 Å². The predicted molar refractivity (Wildman–Crippen MR) is 85.2 cm³/mol. The first-order valence-corrected chi connectivity index (χ1v) is 7.46. The van der Waals surface area contributed by atoms with Gasteiger partial charge < -0.3 is 15.2 Å². The van der Waals surface area contributed by atoms with Crippen LogP contribution in [0.4, 0.5) is 0 Å². The fourth-order valence-electron chi connectivity index (χ4n) is 2.42. The number of hydrogen-bond acceptors (Lipinski definition) is 3. The Hall–Kier alpha value is -2.04. The number of carbonyl (C=O) groups is 2. The Balaban J connectivity index is 2.87. The molecule has 0 fully saturated rings. The zero-order chi connectivity index (χ0) is 16.9. The summed E-state index contributed by atoms with van der Waals surface area (Å²) in [5.41, 5.74) is 2.83. The topological polar surface area (TPSA) is 75.6 Å². The summed E-state index contributed by atoms with van der Waals surface area (Å²) in [5, 5.41) is 11.9. The summed E-state index contributed by atoms with van der Waals surface area (Å²) < 4.78 is 5.20. The number of ether oxygens (including phenoxy) is 1. The molecule has 0 saturated heterocycles. The van der Waals surface area contributed by atoms with Crippen LogP contribution < -0.4 is 10.1 Å². The van der Waals surface area contributed by atoms with Crippen molar-refractivity contribution >= 4 is 11.9 Å². The molecular formula is C17H25NO4. The van der Waals surface area contributed by atoms with Crippen molar-refractivity contribution in [1.82, 2.24) is 5.32 Å². The first-order chi connectivity index (χ1) is 10.3. The van der Waals surface area contributed by atoms with Crippen LogP contribution >= 0.6 is 0 Å². The van der Waals surface area contributed by atoms with E-state index in [-0.39, 0.29) is 18.2 Å². The lowest BCUT2D eigenvalue weighted by atomic mass is 9.97. The molecule has 2 unspecified atom stereocenters. The van der Waals surface area contributed by atoms with Gasteiger partial charge in [-0.3, -0.25) is 4.79 Å². The van der Waals surface area contributed by atoms with Crippen LogP contribution in [0.2, 0.25) is 0 Å². The summed E-state index contributed by atoms with van der Waals surface area (Å²) in [6.45, 7) is 7.57. The van der Waals surface area contributed by atoms with Gasteiger partial charge in [0.25, 0.3) is 0 Å². The molecule has 0 aliphatic heterocycles. The molecule has 122 valence electrons. The SMILES string of the molecule is CCC(C)C(NC(=O)Cc1c(C)cc(OC)cc1C)C(=O)O. The molecule has 0 bridgehead atoms. The number of methoxy groups -OCH3 is 1. The lowest BCUT2D eigenvalue weighted by Crippen LogP contribution is -2.45. The van der Waals surface area contributed by atoms with Gasteiger partial charge in [-0.2, -0.15) is 0 Å². The fraction of sp³-hybridized carbons (Fsp3) is 0.529. The molecule has 1 aromatic carbocycles. The maximum atomic E-state index is 12.2. The van der Waals surface area contributed by atoms with Crippen LogP contribution in [-0.2, 0) is 16.0 Å². The first-order valence-electron chi connectivity index (χ1n) is 7.46. The lowest BCUT2D eigenvalue weighted by Gasteiger charge is -2.21. The van der Waals surface area contributed by atoms with Crippen molar-refractivity contribution in [3.05, 3.63) is 28.8 Å². The maximum Gasteiger partial charge on any atom is 0.326 e. The molecule has 5 nitrogen and oxygen atoms in total. The van der Waals surface area contributed by atoms with Gasteiger partial charge in [0, 0.05) is 0 Å². The van der Waals surface area contributed by atoms with Crippen molar-refractivity contribution in [2.75, 3.05) is 7.11 Å². The molecule has 5 heteroatoms. The summed E-state index contributed by atoms with van der Waals surface area (Å²) in [5.74, 6) is -0.628. The number of carbonyl (C=O) groups excluding carboxylic acids is 1. The van der Waals surface area contributed by atoms with Gasteiger partial charge in [-0.05, 0) is 48.6 Å². The zero-order valence-electron chi connectivity index (χ0n) is 13.9. The second-order valence-corrected chi connectivity index (χ2v) is 5.69. The third kappa shape index (κ3) is 4.48. The van der Waals surface area contributed by atoms with Crippen LogP contribution in [-0.4, -0.2) is 30.1 Å². The highest BCUT2D eigenvalue weighted by atomic mass is 16.5. The van der Waals surface area contributed by atoms with Crippen molar-refractivity contribution in [3.63, 3.8) is 0 Å². The van der Waals surface area contributed by atoms with Crippen molar-refractivity contribution in [1.29, 1.82) is 0 Å². The van der Waals surface area contributed by atoms with Crippen LogP contribution in [0.1, 0.15) is 37.0 Å². The van der Waals surface area contributed by atoms with E-state index in [1.807, 2.05) is 39.8 Å². The van der Waals surface area contributed by atoms with Gasteiger partial charge in [-0.25, -0.2) is 4.79 Å². The lowest BCUT2D eigenvalue weighted by molar-refractivity contribution is -0.143. The molecule has 1 amide bonds. The highest BCUT2D eigenvalue weighted by molar-refractivity contribution is 5.85. The number of carboxylic acid groups (broad SMARTS) is 1. The van der Waals surface area contributed by atoms with E-state index in [2.05, 4.69) is 5.32 Å². The summed E-state index contributed by atoms with van der Waals surface area (Å²) in [6.07, 6.45) is 0.861. The second-order valence-electron chi connectivity index (χ2n) is 5.69. The highest BCUT2D eigenvalue weighted by Gasteiger charge is 2.25. The fourth-order valence-corrected chi connectivity index (χ4v) is 2.42. The number of aliphatic carboxylic acids is 1. The normalized spacial score (nSPS) is 13.3. The van der Waals surface area contributed by atoms with Gasteiger partial charge in [0.05, 0.1) is 13.5 Å². The van der Waals surface area contributed by atoms with Crippen molar-refractivity contribution in [3.8, 4) is 5.75 Å². The van der Waals surface area contributed by atoms with Crippen LogP contribution in [0.25, 0.3) is 0 Å². The minimum atomic E-state index is -0.995. The van der Waals surface area contributed by atoms with Crippen molar-refractivity contribution in [2.45, 2.75) is 46.6 Å². The summed E-state index contributed by atoms with van der Waals surface area (Å²) in [4.78, 5) is 23.5. The summed E-state index contributed by atoms with van der Waals surface area (Å²) in [7, 11) is 1.60. The number of benzene rings is 1. The van der Waals surface area contributed by atoms with E-state index >= 15 is 0 Å². The highest BCUT2D eigenvalue weighted by Crippen LogP contribution is 2.22. The van der Waals surface area contributed by atoms with Crippen LogP contribution in [0.5, 0.6) is 5.75 Å². The Morgan fingerprint density at radius 1 is 1.27 bits per heavy atom. The second kappa shape index (κ2) is 7.82. The van der Waals surface area contributed by atoms with Crippen molar-refractivity contribution < 1.29 is 19.4 Å². The van der Waals surface area contributed by atoms with E-state index in [0.717, 1.165) is 22.4 Å². The number of hydrogen-bond donors (Lipinski definition) is 2. The molecule has 2 N–H and O–H groups in total. The molecule has 0 heterocycles. The number of rotatable bonds is 7. The Morgan fingerprint density at radius 3 is 2.23 bits per heavy atom. The summed E-state index contributed by atoms with van der Waals surface area (Å²) in [6, 6.07) is 2.90. The number of aryl methyl sites for hydroxylation is 2. The molecule has 1 rings (SSSR count). The average Bonchev–Trinajstić information content (AvgIpc) is 2.47. The largest absolute Gasteiger partial charge is 0.497 e. The number of nitrogens with one attached hydrogen (secondary N) is 1. The predicted octanol–water partition coefficient (Wildman–Crippen LogP) is 2.47. The van der Waals surface area contributed by atoms with E-state index in [1.165, 1.54) is 0 Å². The molecule has 0 aromatic heterocycles. The Kier molecular flexibility index (Phi) is 6.40. The third-order valence-electron chi connectivity index (χ3n) is 4.04. The van der Waals surface area contributed by atoms with Crippen LogP contribution in [0.3, 0.4) is 0 Å². The minimum Gasteiger partial charge on any atom is -0.497 e. The molecule has 0 spiro atoms. The average molecular weight is 307 g/mol. The minimum absolute atomic E-state index is 0.112. The van der Waals surface area contributed by atoms with Crippen LogP contribution in [0.15, 0.2) is 12.1 Å². The first kappa shape index (κ1) is 18.0. The third-order valence-corrected chi connectivity index (χ3v) is 4.04. The molecule has 0 saturated carbocycles. The standard InChI is InChI=1S/C17H25NO4/c1-6-10(2)16(17(20)21)18-15(19)9-14-11(3)7-13(22-5)8-12(14)4/h7-8,10,16H,6,9H2,1-5H3,(H,18,19)(H,20,21). The Bertz CT molecular complexity index is 531. The van der Waals surface area contributed by atoms with Gasteiger partial charge in [-0.15, -0.1) is 0 Å². The molecule has 2 atom stereocenters. The summed E-state index contributed by atoms with van der Waals surface area (Å²) >= 11 is 0. The van der Waals surface area contributed by atoms with Crippen molar-refractivity contribution in [2.24, 2.45) is 5.92 Å². The molecular weight excluding hydrogens is 282 g/mol. The Labute approximate surface area is 131 Å². The number of amides is 1. The Morgan fingerprint density at radius 2 is 1.82 bits per heavy atom. The molecule has 0 aliphatic carbocycles. The monoisotopic (exact) mass is 307 g/mol. The molecule has 0 aliphatic rings. The van der Waals surface area contributed by atoms with E-state index in [1.54, 1.807) is 7.11 Å².